The minimum absolute atomic E-state index is 0.0590. The first kappa shape index (κ1) is 14.5. The second-order valence-corrected chi connectivity index (χ2v) is 4.99. The van der Waals surface area contributed by atoms with Crippen molar-refractivity contribution < 1.29 is 4.39 Å². The summed E-state index contributed by atoms with van der Waals surface area (Å²) in [6.45, 7) is 2.66. The number of nitriles is 1. The molecule has 0 aliphatic carbocycles. The van der Waals surface area contributed by atoms with Gasteiger partial charge in [-0.2, -0.15) is 5.26 Å². The molecule has 2 aromatic rings. The lowest BCUT2D eigenvalue weighted by Gasteiger charge is -2.15. The van der Waals surface area contributed by atoms with Gasteiger partial charge in [-0.05, 0) is 42.3 Å². The summed E-state index contributed by atoms with van der Waals surface area (Å²) >= 11 is 5.78. The smallest absolute Gasteiger partial charge is 0.141 e. The average Bonchev–Trinajstić information content (AvgIpc) is 2.48. The SMILES string of the molecule is CC(NCc1ccc(C#N)cc1)c1ccc(F)c(Cl)c1. The predicted octanol–water partition coefficient (Wildman–Crippen LogP) is 4.20. The maximum Gasteiger partial charge on any atom is 0.141 e. The van der Waals surface area contributed by atoms with Crippen LogP contribution in [-0.4, -0.2) is 0 Å². The molecule has 1 unspecified atom stereocenters. The van der Waals surface area contributed by atoms with Crippen LogP contribution in [0, 0.1) is 17.1 Å². The minimum atomic E-state index is -0.408. The first-order valence-electron chi connectivity index (χ1n) is 6.27. The summed E-state index contributed by atoms with van der Waals surface area (Å²) in [5, 5.41) is 12.2. The number of hydrogen-bond acceptors (Lipinski definition) is 2. The summed E-state index contributed by atoms with van der Waals surface area (Å²) in [6, 6.07) is 14.3. The zero-order chi connectivity index (χ0) is 14.5. The van der Waals surface area contributed by atoms with Crippen molar-refractivity contribution in [1.29, 1.82) is 5.26 Å². The Labute approximate surface area is 122 Å². The maximum atomic E-state index is 13.1. The van der Waals surface area contributed by atoms with E-state index >= 15 is 0 Å². The molecule has 0 amide bonds. The van der Waals surface area contributed by atoms with Crippen LogP contribution in [0.4, 0.5) is 4.39 Å². The summed E-state index contributed by atoms with van der Waals surface area (Å²) in [6.07, 6.45) is 0. The molecule has 0 aromatic heterocycles. The molecular formula is C16H14ClFN2. The average molecular weight is 289 g/mol. The van der Waals surface area contributed by atoms with Crippen molar-refractivity contribution in [2.24, 2.45) is 0 Å². The van der Waals surface area contributed by atoms with Crippen molar-refractivity contribution in [2.75, 3.05) is 0 Å². The molecule has 1 N–H and O–H groups in total. The summed E-state index contributed by atoms with van der Waals surface area (Å²) in [5.41, 5.74) is 2.67. The van der Waals surface area contributed by atoms with E-state index in [1.165, 1.54) is 6.07 Å². The Balaban J connectivity index is 1.99. The Hall–Kier alpha value is -1.89. The monoisotopic (exact) mass is 288 g/mol. The second-order valence-electron chi connectivity index (χ2n) is 4.58. The first-order valence-corrected chi connectivity index (χ1v) is 6.65. The third-order valence-electron chi connectivity index (χ3n) is 3.14. The number of nitrogens with one attached hydrogen (secondary N) is 1. The molecule has 0 aliphatic heterocycles. The predicted molar refractivity (Wildman–Crippen MR) is 77.8 cm³/mol. The first-order chi connectivity index (χ1) is 9.60. The van der Waals surface area contributed by atoms with Crippen LogP contribution in [-0.2, 0) is 6.54 Å². The summed E-state index contributed by atoms with van der Waals surface area (Å²) in [4.78, 5) is 0. The van der Waals surface area contributed by atoms with Crippen LogP contribution in [0.5, 0.6) is 0 Å². The number of halogens is 2. The number of nitrogens with zero attached hydrogens (tertiary/aromatic N) is 1. The fourth-order valence-corrected chi connectivity index (χ4v) is 2.06. The fraction of sp³-hybridized carbons (Fsp3) is 0.188. The van der Waals surface area contributed by atoms with Crippen LogP contribution >= 0.6 is 11.6 Å². The largest absolute Gasteiger partial charge is 0.306 e. The van der Waals surface area contributed by atoms with Crippen LogP contribution in [0.2, 0.25) is 5.02 Å². The third kappa shape index (κ3) is 3.57. The zero-order valence-corrected chi connectivity index (χ0v) is 11.8. The van der Waals surface area contributed by atoms with Gasteiger partial charge in [-0.25, -0.2) is 4.39 Å². The molecule has 0 saturated heterocycles. The molecule has 0 spiro atoms. The normalized spacial score (nSPS) is 11.9. The Morgan fingerprint density at radius 1 is 1.25 bits per heavy atom. The Kier molecular flexibility index (Phi) is 4.73. The van der Waals surface area contributed by atoms with Gasteiger partial charge in [-0.3, -0.25) is 0 Å². The van der Waals surface area contributed by atoms with Gasteiger partial charge in [0.15, 0.2) is 0 Å². The lowest BCUT2D eigenvalue weighted by Crippen LogP contribution is -2.18. The molecule has 0 heterocycles. The third-order valence-corrected chi connectivity index (χ3v) is 3.43. The van der Waals surface area contributed by atoms with Crippen molar-refractivity contribution in [3.63, 3.8) is 0 Å². The van der Waals surface area contributed by atoms with Gasteiger partial charge < -0.3 is 5.32 Å². The lowest BCUT2D eigenvalue weighted by atomic mass is 10.1. The van der Waals surface area contributed by atoms with Crippen molar-refractivity contribution in [2.45, 2.75) is 19.5 Å². The van der Waals surface area contributed by atoms with Crippen molar-refractivity contribution in [3.8, 4) is 6.07 Å². The van der Waals surface area contributed by atoms with Gasteiger partial charge in [-0.15, -0.1) is 0 Å². The number of benzene rings is 2. The molecule has 0 saturated carbocycles. The van der Waals surface area contributed by atoms with E-state index < -0.39 is 5.82 Å². The van der Waals surface area contributed by atoms with Crippen molar-refractivity contribution in [1.82, 2.24) is 5.32 Å². The number of hydrogen-bond donors (Lipinski definition) is 1. The zero-order valence-electron chi connectivity index (χ0n) is 11.0. The van der Waals surface area contributed by atoms with Crippen molar-refractivity contribution in [3.05, 3.63) is 70.0 Å². The summed E-state index contributed by atoms with van der Waals surface area (Å²) in [7, 11) is 0. The lowest BCUT2D eigenvalue weighted by molar-refractivity contribution is 0.571. The van der Waals surface area contributed by atoms with E-state index in [-0.39, 0.29) is 11.1 Å². The molecule has 2 aromatic carbocycles. The van der Waals surface area contributed by atoms with Crippen molar-refractivity contribution >= 4 is 11.6 Å². The van der Waals surface area contributed by atoms with E-state index in [2.05, 4.69) is 11.4 Å². The van der Waals surface area contributed by atoms with E-state index in [0.29, 0.717) is 12.1 Å². The van der Waals surface area contributed by atoms with Crippen LogP contribution < -0.4 is 5.32 Å². The van der Waals surface area contributed by atoms with Crippen LogP contribution in [0.1, 0.15) is 29.7 Å². The van der Waals surface area contributed by atoms with Gasteiger partial charge in [0.05, 0.1) is 16.7 Å². The van der Waals surface area contributed by atoms with Gasteiger partial charge in [-0.1, -0.05) is 29.8 Å². The highest BCUT2D eigenvalue weighted by molar-refractivity contribution is 6.30. The minimum Gasteiger partial charge on any atom is -0.306 e. The molecule has 102 valence electrons. The highest BCUT2D eigenvalue weighted by Gasteiger charge is 2.08. The molecule has 0 fully saturated rings. The Morgan fingerprint density at radius 2 is 1.95 bits per heavy atom. The van der Waals surface area contributed by atoms with E-state index in [9.17, 15) is 4.39 Å². The van der Waals surface area contributed by atoms with Gasteiger partial charge in [0.1, 0.15) is 5.82 Å². The van der Waals surface area contributed by atoms with E-state index in [4.69, 9.17) is 16.9 Å². The molecular weight excluding hydrogens is 275 g/mol. The fourth-order valence-electron chi connectivity index (χ4n) is 1.87. The molecule has 0 bridgehead atoms. The molecule has 2 rings (SSSR count). The van der Waals surface area contributed by atoms with Gasteiger partial charge >= 0.3 is 0 Å². The Morgan fingerprint density at radius 3 is 2.55 bits per heavy atom. The summed E-state index contributed by atoms with van der Waals surface area (Å²) < 4.78 is 13.1. The van der Waals surface area contributed by atoms with Crippen LogP contribution in [0.15, 0.2) is 42.5 Å². The van der Waals surface area contributed by atoms with Crippen LogP contribution in [0.3, 0.4) is 0 Å². The maximum absolute atomic E-state index is 13.1. The topological polar surface area (TPSA) is 35.8 Å². The van der Waals surface area contributed by atoms with E-state index in [0.717, 1.165) is 11.1 Å². The summed E-state index contributed by atoms with van der Waals surface area (Å²) in [5.74, 6) is -0.408. The molecule has 1 atom stereocenters. The molecule has 2 nitrogen and oxygen atoms in total. The Bertz CT molecular complexity index is 632. The van der Waals surface area contributed by atoms with Gasteiger partial charge in [0, 0.05) is 12.6 Å². The number of rotatable bonds is 4. The standard InChI is InChI=1S/C16H14ClFN2/c1-11(14-6-7-16(18)15(17)8-14)20-10-13-4-2-12(9-19)3-5-13/h2-8,11,20H,10H2,1H3. The van der Waals surface area contributed by atoms with E-state index in [1.54, 1.807) is 24.3 Å². The highest BCUT2D eigenvalue weighted by Crippen LogP contribution is 2.21. The van der Waals surface area contributed by atoms with Gasteiger partial charge in [0.2, 0.25) is 0 Å². The van der Waals surface area contributed by atoms with Gasteiger partial charge in [0.25, 0.3) is 0 Å². The van der Waals surface area contributed by atoms with E-state index in [1.807, 2.05) is 19.1 Å². The molecule has 4 heteroatoms. The molecule has 20 heavy (non-hydrogen) atoms. The molecule has 0 radical (unpaired) electrons. The highest BCUT2D eigenvalue weighted by atomic mass is 35.5. The molecule has 0 aliphatic rings. The quantitative estimate of drug-likeness (QED) is 0.915. The van der Waals surface area contributed by atoms with Crippen LogP contribution in [0.25, 0.3) is 0 Å². The second kappa shape index (κ2) is 6.51.